The van der Waals surface area contributed by atoms with Gasteiger partial charge < -0.3 is 9.47 Å². The summed E-state index contributed by atoms with van der Waals surface area (Å²) in [5.41, 5.74) is 0. The van der Waals surface area contributed by atoms with Crippen molar-refractivity contribution >= 4 is 11.9 Å². The second-order valence-electron chi connectivity index (χ2n) is 5.60. The molecule has 2 unspecified atom stereocenters. The molecule has 0 aliphatic rings. The molecule has 0 aromatic carbocycles. The molecule has 0 aromatic rings. The van der Waals surface area contributed by atoms with Crippen LogP contribution in [0.1, 0.15) is 60.3 Å². The van der Waals surface area contributed by atoms with Gasteiger partial charge >= 0.3 is 11.9 Å². The molecule has 0 fully saturated rings. The predicted molar refractivity (Wildman–Crippen MR) is 79.2 cm³/mol. The number of hydrogen-bond acceptors (Lipinski definition) is 4. The zero-order valence-corrected chi connectivity index (χ0v) is 13.6. The number of unbranched alkanes of at least 4 members (excludes halogenated alkanes) is 2. The molecule has 0 aliphatic carbocycles. The van der Waals surface area contributed by atoms with Crippen LogP contribution in [0.4, 0.5) is 0 Å². The summed E-state index contributed by atoms with van der Waals surface area (Å²) in [6, 6.07) is 0. The number of esters is 2. The summed E-state index contributed by atoms with van der Waals surface area (Å²) in [6.45, 7) is 10.6. The normalized spacial score (nSPS) is 13.9. The van der Waals surface area contributed by atoms with Gasteiger partial charge in [0.05, 0.1) is 25.0 Å². The smallest absolute Gasteiger partial charge is 0.310 e. The maximum atomic E-state index is 12.1. The van der Waals surface area contributed by atoms with Crippen LogP contribution in [0.2, 0.25) is 0 Å². The number of carbonyl (C=O) groups excluding carboxylic acids is 2. The number of carbonyl (C=O) groups is 2. The Kier molecular flexibility index (Phi) is 10.1. The molecule has 0 radical (unpaired) electrons. The van der Waals surface area contributed by atoms with Crippen molar-refractivity contribution in [1.82, 2.24) is 0 Å². The Morgan fingerprint density at radius 2 is 1.30 bits per heavy atom. The minimum atomic E-state index is -0.457. The Balaban J connectivity index is 4.48. The lowest BCUT2D eigenvalue weighted by molar-refractivity contribution is -0.162. The van der Waals surface area contributed by atoms with Gasteiger partial charge in [-0.3, -0.25) is 9.59 Å². The molecule has 0 amide bonds. The van der Waals surface area contributed by atoms with E-state index >= 15 is 0 Å². The highest BCUT2D eigenvalue weighted by atomic mass is 16.5. The molecule has 0 aromatic heterocycles. The van der Waals surface area contributed by atoms with Crippen LogP contribution in [0, 0.1) is 17.8 Å². The van der Waals surface area contributed by atoms with E-state index in [0.717, 1.165) is 25.7 Å². The quantitative estimate of drug-likeness (QED) is 0.455. The standard InChI is InChI=1S/C16H30O4/c1-6-8-10-19-15(17)13(5)14(12(3)4)16(18)20-11-9-7-2/h12-14H,6-11H2,1-5H3. The third-order valence-electron chi connectivity index (χ3n) is 3.39. The van der Waals surface area contributed by atoms with E-state index in [4.69, 9.17) is 9.47 Å². The molecule has 118 valence electrons. The zero-order valence-electron chi connectivity index (χ0n) is 13.6. The summed E-state index contributed by atoms with van der Waals surface area (Å²) < 4.78 is 10.5. The summed E-state index contributed by atoms with van der Waals surface area (Å²) in [7, 11) is 0. The minimum Gasteiger partial charge on any atom is -0.465 e. The van der Waals surface area contributed by atoms with Crippen molar-refractivity contribution in [1.29, 1.82) is 0 Å². The Bertz CT molecular complexity index is 286. The molecule has 4 nitrogen and oxygen atoms in total. The van der Waals surface area contributed by atoms with Gasteiger partial charge in [0.1, 0.15) is 0 Å². The highest BCUT2D eigenvalue weighted by molar-refractivity contribution is 5.82. The minimum absolute atomic E-state index is 0.0536. The Morgan fingerprint density at radius 1 is 0.850 bits per heavy atom. The van der Waals surface area contributed by atoms with E-state index in [2.05, 4.69) is 0 Å². The fourth-order valence-corrected chi connectivity index (χ4v) is 2.06. The van der Waals surface area contributed by atoms with Gasteiger partial charge in [0.2, 0.25) is 0 Å². The average Bonchev–Trinajstić information content (AvgIpc) is 2.38. The summed E-state index contributed by atoms with van der Waals surface area (Å²) in [5, 5.41) is 0. The number of hydrogen-bond donors (Lipinski definition) is 0. The molecule has 0 saturated heterocycles. The van der Waals surface area contributed by atoms with Gasteiger partial charge in [0.25, 0.3) is 0 Å². The largest absolute Gasteiger partial charge is 0.465 e. The molecule has 20 heavy (non-hydrogen) atoms. The first-order valence-corrected chi connectivity index (χ1v) is 7.78. The molecular formula is C16H30O4. The molecule has 0 bridgehead atoms. The van der Waals surface area contributed by atoms with Crippen molar-refractivity contribution < 1.29 is 19.1 Å². The number of ether oxygens (including phenoxy) is 2. The summed E-state index contributed by atoms with van der Waals surface area (Å²) in [4.78, 5) is 24.1. The third-order valence-corrected chi connectivity index (χ3v) is 3.39. The van der Waals surface area contributed by atoms with Crippen molar-refractivity contribution in [3.05, 3.63) is 0 Å². The molecule has 0 N–H and O–H groups in total. The van der Waals surface area contributed by atoms with Crippen molar-refractivity contribution in [2.24, 2.45) is 17.8 Å². The second-order valence-corrected chi connectivity index (χ2v) is 5.60. The summed E-state index contributed by atoms with van der Waals surface area (Å²) in [5.74, 6) is -1.42. The SMILES string of the molecule is CCCCOC(=O)C(C)C(C(=O)OCCCC)C(C)C. The Morgan fingerprint density at radius 3 is 1.70 bits per heavy atom. The van der Waals surface area contributed by atoms with E-state index in [-0.39, 0.29) is 17.9 Å². The zero-order chi connectivity index (χ0) is 15.5. The summed E-state index contributed by atoms with van der Waals surface area (Å²) in [6.07, 6.45) is 3.67. The Hall–Kier alpha value is -1.06. The monoisotopic (exact) mass is 286 g/mol. The molecule has 0 rings (SSSR count). The topological polar surface area (TPSA) is 52.6 Å². The van der Waals surface area contributed by atoms with Gasteiger partial charge in [-0.15, -0.1) is 0 Å². The van der Waals surface area contributed by atoms with Crippen LogP contribution in [-0.2, 0) is 19.1 Å². The van der Waals surface area contributed by atoms with Gasteiger partial charge in [-0.1, -0.05) is 47.5 Å². The van der Waals surface area contributed by atoms with Crippen molar-refractivity contribution in [2.75, 3.05) is 13.2 Å². The lowest BCUT2D eigenvalue weighted by Gasteiger charge is -2.24. The van der Waals surface area contributed by atoms with Crippen LogP contribution < -0.4 is 0 Å². The fraction of sp³-hybridized carbons (Fsp3) is 0.875. The van der Waals surface area contributed by atoms with Crippen molar-refractivity contribution in [3.8, 4) is 0 Å². The predicted octanol–water partition coefficient (Wildman–Crippen LogP) is 3.58. The average molecular weight is 286 g/mol. The molecular weight excluding hydrogens is 256 g/mol. The van der Waals surface area contributed by atoms with Crippen LogP contribution in [0.3, 0.4) is 0 Å². The molecule has 2 atom stereocenters. The highest BCUT2D eigenvalue weighted by Crippen LogP contribution is 2.24. The number of rotatable bonds is 10. The maximum Gasteiger partial charge on any atom is 0.310 e. The fourth-order valence-electron chi connectivity index (χ4n) is 2.06. The lowest BCUT2D eigenvalue weighted by atomic mass is 9.84. The summed E-state index contributed by atoms with van der Waals surface area (Å²) >= 11 is 0. The maximum absolute atomic E-state index is 12.1. The first kappa shape index (κ1) is 18.9. The van der Waals surface area contributed by atoms with Crippen LogP contribution in [0.15, 0.2) is 0 Å². The van der Waals surface area contributed by atoms with Crippen molar-refractivity contribution in [2.45, 2.75) is 60.3 Å². The third kappa shape index (κ3) is 6.92. The van der Waals surface area contributed by atoms with E-state index in [1.54, 1.807) is 6.92 Å². The van der Waals surface area contributed by atoms with E-state index < -0.39 is 11.8 Å². The molecule has 0 spiro atoms. The molecule has 4 heteroatoms. The molecule has 0 saturated carbocycles. The van der Waals surface area contributed by atoms with E-state index in [9.17, 15) is 9.59 Å². The van der Waals surface area contributed by atoms with Gasteiger partial charge in [-0.2, -0.15) is 0 Å². The van der Waals surface area contributed by atoms with Crippen LogP contribution in [-0.4, -0.2) is 25.2 Å². The van der Waals surface area contributed by atoms with E-state index in [0.29, 0.717) is 13.2 Å². The van der Waals surface area contributed by atoms with Gasteiger partial charge in [-0.05, 0) is 18.8 Å². The highest BCUT2D eigenvalue weighted by Gasteiger charge is 2.34. The molecule has 0 aliphatic heterocycles. The lowest BCUT2D eigenvalue weighted by Crippen LogP contribution is -2.34. The van der Waals surface area contributed by atoms with Crippen LogP contribution in [0.5, 0.6) is 0 Å². The first-order chi connectivity index (χ1) is 9.45. The molecule has 0 heterocycles. The van der Waals surface area contributed by atoms with Gasteiger partial charge in [0.15, 0.2) is 0 Å². The second kappa shape index (κ2) is 10.7. The van der Waals surface area contributed by atoms with E-state index in [1.807, 2.05) is 27.7 Å². The van der Waals surface area contributed by atoms with Crippen LogP contribution in [0.25, 0.3) is 0 Å². The first-order valence-electron chi connectivity index (χ1n) is 7.78. The van der Waals surface area contributed by atoms with Gasteiger partial charge in [-0.25, -0.2) is 0 Å². The van der Waals surface area contributed by atoms with Gasteiger partial charge in [0, 0.05) is 0 Å². The van der Waals surface area contributed by atoms with Crippen LogP contribution >= 0.6 is 0 Å². The van der Waals surface area contributed by atoms with Crippen molar-refractivity contribution in [3.63, 3.8) is 0 Å². The van der Waals surface area contributed by atoms with E-state index in [1.165, 1.54) is 0 Å². The Labute approximate surface area is 123 Å².